The largest absolute Gasteiger partial charge is 0.450 e. The molecule has 0 atom stereocenters. The Morgan fingerprint density at radius 1 is 1.38 bits per heavy atom. The molecule has 1 aromatic rings. The Morgan fingerprint density at radius 2 is 2.10 bits per heavy atom. The van der Waals surface area contributed by atoms with E-state index in [0.717, 1.165) is 0 Å². The molecule has 160 valence electrons. The first-order valence-electron chi connectivity index (χ1n) is 9.66. The summed E-state index contributed by atoms with van der Waals surface area (Å²) in [6, 6.07) is 3.27. The number of piperidine rings is 1. The van der Waals surface area contributed by atoms with Gasteiger partial charge in [0.2, 0.25) is 0 Å². The molecular formula is C19H26N2O6S2. The van der Waals surface area contributed by atoms with Gasteiger partial charge in [-0.3, -0.25) is 4.79 Å². The van der Waals surface area contributed by atoms with Gasteiger partial charge < -0.3 is 14.8 Å². The van der Waals surface area contributed by atoms with Gasteiger partial charge in [-0.2, -0.15) is 4.31 Å². The quantitative estimate of drug-likeness (QED) is 0.486. The van der Waals surface area contributed by atoms with E-state index < -0.39 is 21.6 Å². The maximum absolute atomic E-state index is 12.8. The van der Waals surface area contributed by atoms with Crippen molar-refractivity contribution in [2.24, 2.45) is 0 Å². The first-order valence-corrected chi connectivity index (χ1v) is 12.0. The number of hydrogen-bond acceptors (Lipinski definition) is 7. The average molecular weight is 443 g/mol. The number of carbonyl (C=O) groups excluding carboxylic acids is 2. The van der Waals surface area contributed by atoms with E-state index in [1.54, 1.807) is 24.4 Å². The summed E-state index contributed by atoms with van der Waals surface area (Å²) in [4.78, 5) is 25.0. The van der Waals surface area contributed by atoms with Crippen LogP contribution < -0.4 is 5.32 Å². The molecule has 0 bridgehead atoms. The Hall–Kier alpha value is -1.75. The highest BCUT2D eigenvalue weighted by atomic mass is 32.2. The van der Waals surface area contributed by atoms with E-state index in [9.17, 15) is 18.0 Å². The number of amides is 1. The molecule has 1 saturated heterocycles. The molecule has 0 unspecified atom stereocenters. The lowest BCUT2D eigenvalue weighted by molar-refractivity contribution is -0.150. The van der Waals surface area contributed by atoms with Crippen molar-refractivity contribution in [3.05, 3.63) is 28.7 Å². The molecule has 10 heteroatoms. The highest BCUT2D eigenvalue weighted by Gasteiger charge is 2.52. The summed E-state index contributed by atoms with van der Waals surface area (Å²) < 4.78 is 38.1. The third-order valence-corrected chi connectivity index (χ3v) is 8.50. The van der Waals surface area contributed by atoms with E-state index in [0.29, 0.717) is 37.3 Å². The number of esters is 1. The molecule has 0 aliphatic carbocycles. The molecule has 3 heterocycles. The van der Waals surface area contributed by atoms with Gasteiger partial charge in [-0.1, -0.05) is 6.07 Å². The number of thiophene rings is 1. The molecule has 1 amide bonds. The van der Waals surface area contributed by atoms with Crippen molar-refractivity contribution in [1.29, 1.82) is 0 Å². The fourth-order valence-electron chi connectivity index (χ4n) is 3.71. The van der Waals surface area contributed by atoms with Gasteiger partial charge in [-0.25, -0.2) is 13.2 Å². The van der Waals surface area contributed by atoms with Crippen LogP contribution in [0.3, 0.4) is 0 Å². The van der Waals surface area contributed by atoms with Crippen LogP contribution in [0.15, 0.2) is 32.9 Å². The number of hydrogen-bond donors (Lipinski definition) is 1. The Bertz CT molecular complexity index is 884. The summed E-state index contributed by atoms with van der Waals surface area (Å²) in [5, 5.41) is 4.55. The summed E-state index contributed by atoms with van der Waals surface area (Å²) >= 11 is 1.17. The van der Waals surface area contributed by atoms with Gasteiger partial charge in [-0.05, 0) is 31.7 Å². The predicted octanol–water partition coefficient (Wildman–Crippen LogP) is 1.69. The predicted molar refractivity (Wildman–Crippen MR) is 108 cm³/mol. The number of nitrogens with one attached hydrogen (secondary N) is 1. The second-order valence-electron chi connectivity index (χ2n) is 7.03. The van der Waals surface area contributed by atoms with Crippen LogP contribution in [0.25, 0.3) is 0 Å². The van der Waals surface area contributed by atoms with E-state index in [4.69, 9.17) is 9.47 Å². The van der Waals surface area contributed by atoms with Gasteiger partial charge in [0.1, 0.15) is 9.81 Å². The normalized spacial score (nSPS) is 19.6. The topological polar surface area (TPSA) is 102 Å². The molecule has 1 N–H and O–H groups in total. The Kier molecular flexibility index (Phi) is 6.77. The maximum atomic E-state index is 12.8. The SMILES string of the molecule is CCOCCCNC(=O)C1=C(C)C(=O)OC12CCN(S(=O)(=O)c1cccs1)CC2. The Balaban J connectivity index is 1.69. The molecule has 2 aliphatic rings. The van der Waals surface area contributed by atoms with Crippen LogP contribution in [0.4, 0.5) is 0 Å². The average Bonchev–Trinajstić information content (AvgIpc) is 3.30. The first kappa shape index (κ1) is 21.9. The van der Waals surface area contributed by atoms with Crippen molar-refractivity contribution in [2.45, 2.75) is 42.9 Å². The van der Waals surface area contributed by atoms with Gasteiger partial charge in [0.15, 0.2) is 0 Å². The number of nitrogens with zero attached hydrogens (tertiary/aromatic N) is 1. The molecule has 1 spiro atoms. The van der Waals surface area contributed by atoms with Gasteiger partial charge in [-0.15, -0.1) is 11.3 Å². The summed E-state index contributed by atoms with van der Waals surface area (Å²) in [5.74, 6) is -0.849. The molecule has 2 aliphatic heterocycles. The van der Waals surface area contributed by atoms with Crippen molar-refractivity contribution in [1.82, 2.24) is 9.62 Å². The van der Waals surface area contributed by atoms with Crippen molar-refractivity contribution < 1.29 is 27.5 Å². The number of rotatable bonds is 8. The smallest absolute Gasteiger partial charge is 0.335 e. The van der Waals surface area contributed by atoms with Crippen molar-refractivity contribution in [3.63, 3.8) is 0 Å². The fourth-order valence-corrected chi connectivity index (χ4v) is 6.30. The monoisotopic (exact) mass is 442 g/mol. The van der Waals surface area contributed by atoms with E-state index in [1.807, 2.05) is 6.92 Å². The molecule has 0 aromatic carbocycles. The Labute approximate surface area is 174 Å². The van der Waals surface area contributed by atoms with Crippen LogP contribution in [0, 0.1) is 0 Å². The zero-order valence-corrected chi connectivity index (χ0v) is 18.2. The summed E-state index contributed by atoms with van der Waals surface area (Å²) in [5.41, 5.74) is -0.443. The number of sulfonamides is 1. The van der Waals surface area contributed by atoms with Crippen molar-refractivity contribution in [3.8, 4) is 0 Å². The van der Waals surface area contributed by atoms with Gasteiger partial charge in [0, 0.05) is 51.3 Å². The summed E-state index contributed by atoms with van der Waals surface area (Å²) in [6.07, 6.45) is 1.17. The van der Waals surface area contributed by atoms with Crippen LogP contribution >= 0.6 is 11.3 Å². The van der Waals surface area contributed by atoms with E-state index in [2.05, 4.69) is 5.32 Å². The second-order valence-corrected chi connectivity index (χ2v) is 10.1. The molecular weight excluding hydrogens is 416 g/mol. The van der Waals surface area contributed by atoms with E-state index >= 15 is 0 Å². The maximum Gasteiger partial charge on any atom is 0.335 e. The highest BCUT2D eigenvalue weighted by Crippen LogP contribution is 2.42. The molecule has 1 aromatic heterocycles. The minimum Gasteiger partial charge on any atom is -0.450 e. The molecule has 8 nitrogen and oxygen atoms in total. The zero-order valence-electron chi connectivity index (χ0n) is 16.6. The zero-order chi connectivity index (χ0) is 21.1. The molecule has 0 radical (unpaired) electrons. The van der Waals surface area contributed by atoms with Crippen LogP contribution in [0.1, 0.15) is 33.1 Å². The third kappa shape index (κ3) is 4.40. The first-order chi connectivity index (χ1) is 13.8. The van der Waals surface area contributed by atoms with E-state index in [1.165, 1.54) is 15.6 Å². The molecule has 0 saturated carbocycles. The van der Waals surface area contributed by atoms with Crippen LogP contribution in [0.5, 0.6) is 0 Å². The van der Waals surface area contributed by atoms with E-state index in [-0.39, 0.29) is 36.0 Å². The van der Waals surface area contributed by atoms with Crippen molar-refractivity contribution in [2.75, 3.05) is 32.8 Å². The Morgan fingerprint density at radius 3 is 2.72 bits per heavy atom. The number of carbonyl (C=O) groups is 2. The van der Waals surface area contributed by atoms with Crippen LogP contribution in [-0.2, 0) is 29.1 Å². The summed E-state index contributed by atoms with van der Waals surface area (Å²) in [6.45, 7) is 5.45. The van der Waals surface area contributed by atoms with Crippen molar-refractivity contribution >= 4 is 33.2 Å². The molecule has 1 fully saturated rings. The lowest BCUT2D eigenvalue weighted by Crippen LogP contribution is -2.50. The standard InChI is InChI=1S/C19H26N2O6S2/c1-3-26-12-5-9-20-17(22)16-14(2)18(23)27-19(16)7-10-21(11-8-19)29(24,25)15-6-4-13-28-15/h4,6,13H,3,5,7-12H2,1-2H3,(H,20,22). The highest BCUT2D eigenvalue weighted by molar-refractivity contribution is 7.91. The molecule has 29 heavy (non-hydrogen) atoms. The van der Waals surface area contributed by atoms with Crippen LogP contribution in [0.2, 0.25) is 0 Å². The fraction of sp³-hybridized carbons (Fsp3) is 0.579. The second kappa shape index (κ2) is 8.95. The summed E-state index contributed by atoms with van der Waals surface area (Å²) in [7, 11) is -3.57. The van der Waals surface area contributed by atoms with Gasteiger partial charge in [0.25, 0.3) is 15.9 Å². The lowest BCUT2D eigenvalue weighted by atomic mass is 9.83. The van der Waals surface area contributed by atoms with Gasteiger partial charge in [0.05, 0.1) is 5.57 Å². The lowest BCUT2D eigenvalue weighted by Gasteiger charge is -2.38. The van der Waals surface area contributed by atoms with Gasteiger partial charge >= 0.3 is 5.97 Å². The third-order valence-electron chi connectivity index (χ3n) is 5.23. The molecule has 3 rings (SSSR count). The van der Waals surface area contributed by atoms with Crippen LogP contribution in [-0.4, -0.2) is 63.0 Å². The minimum absolute atomic E-state index is 0.182. The number of ether oxygens (including phenoxy) is 2. The minimum atomic E-state index is -3.57.